The Morgan fingerprint density at radius 2 is 1.90 bits per heavy atom. The van der Waals surface area contributed by atoms with Gasteiger partial charge in [-0.2, -0.15) is 0 Å². The molecular formula is C18H26N2. The molecule has 0 unspecified atom stereocenters. The average Bonchev–Trinajstić information content (AvgIpc) is 3.08. The molecule has 1 aliphatic heterocycles. The fourth-order valence-corrected chi connectivity index (χ4v) is 4.55. The third kappa shape index (κ3) is 2.40. The van der Waals surface area contributed by atoms with Crippen LogP contribution in [0.2, 0.25) is 0 Å². The highest BCUT2D eigenvalue weighted by atomic mass is 15.2. The predicted molar refractivity (Wildman–Crippen MR) is 82.9 cm³/mol. The fraction of sp³-hybridized carbons (Fsp3) is 0.667. The summed E-state index contributed by atoms with van der Waals surface area (Å²) in [6, 6.07) is 7.23. The highest BCUT2D eigenvalue weighted by molar-refractivity contribution is 5.35. The molecule has 1 spiro atoms. The minimum absolute atomic E-state index is 0.453. The maximum atomic E-state index is 3.81. The molecule has 0 aromatic heterocycles. The van der Waals surface area contributed by atoms with Crippen LogP contribution >= 0.6 is 0 Å². The molecule has 2 nitrogen and oxygen atoms in total. The Labute approximate surface area is 122 Å². The zero-order valence-corrected chi connectivity index (χ0v) is 12.5. The summed E-state index contributed by atoms with van der Waals surface area (Å²) >= 11 is 0. The normalized spacial score (nSPS) is 25.2. The standard InChI is InChI=1S/C18H26N2/c1-2-9-18(8-1)14-20(11-10-19-18)13-15-6-7-16-4-3-5-17(16)12-15/h6-7,12,19H,1-5,8-11,13-14H2. The van der Waals surface area contributed by atoms with Crippen molar-refractivity contribution in [1.82, 2.24) is 10.2 Å². The molecule has 1 saturated carbocycles. The van der Waals surface area contributed by atoms with Gasteiger partial charge < -0.3 is 5.32 Å². The lowest BCUT2D eigenvalue weighted by Crippen LogP contribution is -2.58. The molecule has 0 radical (unpaired) electrons. The minimum Gasteiger partial charge on any atom is -0.309 e. The lowest BCUT2D eigenvalue weighted by atomic mass is 9.94. The molecular weight excluding hydrogens is 244 g/mol. The van der Waals surface area contributed by atoms with Crippen molar-refractivity contribution < 1.29 is 0 Å². The van der Waals surface area contributed by atoms with Gasteiger partial charge >= 0.3 is 0 Å². The van der Waals surface area contributed by atoms with E-state index in [0.717, 1.165) is 6.54 Å². The maximum Gasteiger partial charge on any atom is 0.0309 e. The van der Waals surface area contributed by atoms with Gasteiger partial charge in [-0.15, -0.1) is 0 Å². The van der Waals surface area contributed by atoms with Gasteiger partial charge in [-0.05, 0) is 48.8 Å². The van der Waals surface area contributed by atoms with E-state index in [1.165, 1.54) is 70.1 Å². The molecule has 2 aliphatic carbocycles. The van der Waals surface area contributed by atoms with E-state index < -0.39 is 0 Å². The van der Waals surface area contributed by atoms with E-state index in [1.807, 2.05) is 0 Å². The summed E-state index contributed by atoms with van der Waals surface area (Å²) in [6.07, 6.45) is 9.55. The first kappa shape index (κ1) is 12.8. The van der Waals surface area contributed by atoms with Crippen LogP contribution in [-0.2, 0) is 19.4 Å². The smallest absolute Gasteiger partial charge is 0.0309 e. The van der Waals surface area contributed by atoms with Crippen molar-refractivity contribution >= 4 is 0 Å². The summed E-state index contributed by atoms with van der Waals surface area (Å²) in [4.78, 5) is 2.68. The van der Waals surface area contributed by atoms with Crippen LogP contribution in [-0.4, -0.2) is 30.1 Å². The van der Waals surface area contributed by atoms with Crippen LogP contribution in [0.25, 0.3) is 0 Å². The summed E-state index contributed by atoms with van der Waals surface area (Å²) in [6.45, 7) is 4.78. The summed E-state index contributed by atoms with van der Waals surface area (Å²) in [5, 5.41) is 3.81. The van der Waals surface area contributed by atoms with Crippen molar-refractivity contribution in [2.45, 2.75) is 57.0 Å². The Morgan fingerprint density at radius 3 is 2.80 bits per heavy atom. The van der Waals surface area contributed by atoms with Gasteiger partial charge in [0.05, 0.1) is 0 Å². The zero-order chi connectivity index (χ0) is 13.4. The number of rotatable bonds is 2. The molecule has 2 heteroatoms. The Kier molecular flexibility index (Phi) is 3.31. The Hall–Kier alpha value is -0.860. The first-order valence-corrected chi connectivity index (χ1v) is 8.41. The maximum absolute atomic E-state index is 3.81. The summed E-state index contributed by atoms with van der Waals surface area (Å²) in [7, 11) is 0. The topological polar surface area (TPSA) is 15.3 Å². The number of fused-ring (bicyclic) bond motifs is 1. The summed E-state index contributed by atoms with van der Waals surface area (Å²) in [5.41, 5.74) is 5.20. The largest absolute Gasteiger partial charge is 0.309 e. The molecule has 0 atom stereocenters. The van der Waals surface area contributed by atoms with E-state index in [4.69, 9.17) is 0 Å². The number of benzene rings is 1. The second-order valence-corrected chi connectivity index (χ2v) is 7.08. The molecule has 0 bridgehead atoms. The second-order valence-electron chi connectivity index (χ2n) is 7.08. The Bertz CT molecular complexity index is 488. The number of piperazine rings is 1. The third-order valence-electron chi connectivity index (χ3n) is 5.58. The van der Waals surface area contributed by atoms with Crippen molar-refractivity contribution in [2.75, 3.05) is 19.6 Å². The number of nitrogens with zero attached hydrogens (tertiary/aromatic N) is 1. The van der Waals surface area contributed by atoms with Crippen LogP contribution in [0.3, 0.4) is 0 Å². The Morgan fingerprint density at radius 1 is 1.05 bits per heavy atom. The second kappa shape index (κ2) is 5.16. The van der Waals surface area contributed by atoms with E-state index in [2.05, 4.69) is 28.4 Å². The van der Waals surface area contributed by atoms with Crippen LogP contribution in [0, 0.1) is 0 Å². The van der Waals surface area contributed by atoms with E-state index in [0.29, 0.717) is 5.54 Å². The van der Waals surface area contributed by atoms with Crippen LogP contribution in [0.5, 0.6) is 0 Å². The first-order chi connectivity index (χ1) is 9.83. The van der Waals surface area contributed by atoms with E-state index in [9.17, 15) is 0 Å². The van der Waals surface area contributed by atoms with Crippen molar-refractivity contribution in [3.63, 3.8) is 0 Å². The highest BCUT2D eigenvalue weighted by Crippen LogP contribution is 2.32. The first-order valence-electron chi connectivity index (χ1n) is 8.41. The van der Waals surface area contributed by atoms with Gasteiger partial charge in [0.1, 0.15) is 0 Å². The SMILES string of the molecule is c1cc2c(cc1CN1CCNC3(CCCC3)C1)CCC2. The minimum atomic E-state index is 0.453. The van der Waals surface area contributed by atoms with Crippen LogP contribution in [0.4, 0.5) is 0 Å². The molecule has 108 valence electrons. The molecule has 1 heterocycles. The number of nitrogens with one attached hydrogen (secondary N) is 1. The van der Waals surface area contributed by atoms with E-state index in [-0.39, 0.29) is 0 Å². The molecule has 20 heavy (non-hydrogen) atoms. The number of hydrogen-bond acceptors (Lipinski definition) is 2. The molecule has 4 rings (SSSR count). The predicted octanol–water partition coefficient (Wildman–Crippen LogP) is 2.89. The summed E-state index contributed by atoms with van der Waals surface area (Å²) < 4.78 is 0. The van der Waals surface area contributed by atoms with Crippen molar-refractivity contribution in [2.24, 2.45) is 0 Å². The lowest BCUT2D eigenvalue weighted by Gasteiger charge is -2.41. The average molecular weight is 270 g/mol. The van der Waals surface area contributed by atoms with E-state index >= 15 is 0 Å². The number of aryl methyl sites for hydroxylation is 2. The quantitative estimate of drug-likeness (QED) is 0.889. The Balaban J connectivity index is 1.46. The third-order valence-corrected chi connectivity index (χ3v) is 5.58. The van der Waals surface area contributed by atoms with Crippen molar-refractivity contribution in [3.05, 3.63) is 34.9 Å². The van der Waals surface area contributed by atoms with Gasteiger partial charge in [0.2, 0.25) is 0 Å². The van der Waals surface area contributed by atoms with Gasteiger partial charge in [0.15, 0.2) is 0 Å². The van der Waals surface area contributed by atoms with Crippen molar-refractivity contribution in [1.29, 1.82) is 0 Å². The lowest BCUT2D eigenvalue weighted by molar-refractivity contribution is 0.129. The summed E-state index contributed by atoms with van der Waals surface area (Å²) in [5.74, 6) is 0. The molecule has 0 amide bonds. The van der Waals surface area contributed by atoms with Crippen LogP contribution in [0.15, 0.2) is 18.2 Å². The van der Waals surface area contributed by atoms with Gasteiger partial charge in [0.25, 0.3) is 0 Å². The van der Waals surface area contributed by atoms with Gasteiger partial charge in [-0.25, -0.2) is 0 Å². The van der Waals surface area contributed by atoms with Crippen LogP contribution in [0.1, 0.15) is 48.8 Å². The van der Waals surface area contributed by atoms with Crippen molar-refractivity contribution in [3.8, 4) is 0 Å². The highest BCUT2D eigenvalue weighted by Gasteiger charge is 2.37. The molecule has 1 N–H and O–H groups in total. The molecule has 2 fully saturated rings. The van der Waals surface area contributed by atoms with Crippen LogP contribution < -0.4 is 5.32 Å². The molecule has 3 aliphatic rings. The monoisotopic (exact) mass is 270 g/mol. The molecule has 1 aromatic carbocycles. The molecule has 1 aromatic rings. The fourth-order valence-electron chi connectivity index (χ4n) is 4.55. The van der Waals surface area contributed by atoms with Gasteiger partial charge in [-0.1, -0.05) is 31.0 Å². The number of hydrogen-bond donors (Lipinski definition) is 1. The van der Waals surface area contributed by atoms with Gasteiger partial charge in [0, 0.05) is 31.7 Å². The molecule has 1 saturated heterocycles. The van der Waals surface area contributed by atoms with Gasteiger partial charge in [-0.3, -0.25) is 4.90 Å². The van der Waals surface area contributed by atoms with E-state index in [1.54, 1.807) is 11.1 Å². The zero-order valence-electron chi connectivity index (χ0n) is 12.5.